The molecule has 2 rings (SSSR count). The largest absolute Gasteiger partial charge is 0.354 e. The number of nitrogens with one attached hydrogen (secondary N) is 1. The second-order valence-electron chi connectivity index (χ2n) is 5.15. The molecule has 0 saturated carbocycles. The van der Waals surface area contributed by atoms with E-state index in [0.29, 0.717) is 6.54 Å². The van der Waals surface area contributed by atoms with Gasteiger partial charge in [0.05, 0.1) is 6.54 Å². The van der Waals surface area contributed by atoms with E-state index in [1.807, 2.05) is 24.3 Å². The van der Waals surface area contributed by atoms with Gasteiger partial charge in [-0.2, -0.15) is 0 Å². The Kier molecular flexibility index (Phi) is 5.31. The molecule has 1 aromatic rings. The number of benzene rings is 1. The molecule has 0 bridgehead atoms. The van der Waals surface area contributed by atoms with E-state index in [4.69, 9.17) is 0 Å². The van der Waals surface area contributed by atoms with Crippen LogP contribution in [0.4, 0.5) is 0 Å². The average Bonchev–Trinajstić information content (AvgIpc) is 2.41. The molecule has 1 amide bonds. The van der Waals surface area contributed by atoms with E-state index in [0.717, 1.165) is 36.0 Å². The van der Waals surface area contributed by atoms with Gasteiger partial charge in [-0.05, 0) is 18.9 Å². The lowest BCUT2D eigenvalue weighted by molar-refractivity contribution is -0.119. The Morgan fingerprint density at radius 1 is 1.30 bits per heavy atom. The summed E-state index contributed by atoms with van der Waals surface area (Å²) in [6, 6.07) is 7.76. The molecule has 5 heteroatoms. The molecule has 1 aliphatic heterocycles. The van der Waals surface area contributed by atoms with Gasteiger partial charge in [0.15, 0.2) is 5.78 Å². The lowest BCUT2D eigenvalue weighted by atomic mass is 10.0. The first-order valence-electron chi connectivity index (χ1n) is 6.83. The first-order chi connectivity index (χ1) is 9.56. The minimum atomic E-state index is 0.0211. The highest BCUT2D eigenvalue weighted by atomic mass is 79.9. The number of amides is 1. The van der Waals surface area contributed by atoms with Crippen molar-refractivity contribution < 1.29 is 9.59 Å². The number of hydrogen-bond donors (Lipinski definition) is 1. The monoisotopic (exact) mass is 338 g/mol. The highest BCUT2D eigenvalue weighted by Gasteiger charge is 2.22. The molecule has 1 fully saturated rings. The van der Waals surface area contributed by atoms with Gasteiger partial charge in [0.2, 0.25) is 5.91 Å². The third kappa shape index (κ3) is 4.15. The van der Waals surface area contributed by atoms with Gasteiger partial charge in [0.25, 0.3) is 0 Å². The van der Waals surface area contributed by atoms with Crippen LogP contribution >= 0.6 is 15.9 Å². The van der Waals surface area contributed by atoms with Crippen molar-refractivity contribution in [2.75, 3.05) is 19.6 Å². The van der Waals surface area contributed by atoms with Crippen LogP contribution in [-0.4, -0.2) is 42.3 Å². The molecule has 1 aliphatic rings. The Morgan fingerprint density at radius 3 is 2.55 bits per heavy atom. The number of piperidine rings is 1. The normalized spacial score (nSPS) is 16.9. The summed E-state index contributed by atoms with van der Waals surface area (Å²) in [5, 5.41) is 2.94. The van der Waals surface area contributed by atoms with Crippen molar-refractivity contribution in [3.63, 3.8) is 0 Å². The van der Waals surface area contributed by atoms with E-state index in [2.05, 4.69) is 26.1 Å². The minimum Gasteiger partial charge on any atom is -0.354 e. The summed E-state index contributed by atoms with van der Waals surface area (Å²) >= 11 is 3.41. The van der Waals surface area contributed by atoms with Crippen LogP contribution in [-0.2, 0) is 4.79 Å². The van der Waals surface area contributed by atoms with Crippen molar-refractivity contribution in [2.24, 2.45) is 0 Å². The number of ketones is 1. The Bertz CT molecular complexity index is 496. The molecule has 108 valence electrons. The summed E-state index contributed by atoms with van der Waals surface area (Å²) in [5.41, 5.74) is 0.733. The molecule has 0 radical (unpaired) electrons. The zero-order valence-corrected chi connectivity index (χ0v) is 13.1. The minimum absolute atomic E-state index is 0.0211. The number of carbonyl (C=O) groups excluding carboxylic acids is 2. The third-order valence-electron chi connectivity index (χ3n) is 3.54. The predicted molar refractivity (Wildman–Crippen MR) is 81.8 cm³/mol. The van der Waals surface area contributed by atoms with E-state index in [1.165, 1.54) is 0 Å². The second kappa shape index (κ2) is 6.99. The zero-order chi connectivity index (χ0) is 14.5. The lowest BCUT2D eigenvalue weighted by Crippen LogP contribution is -2.45. The summed E-state index contributed by atoms with van der Waals surface area (Å²) in [6.45, 7) is 3.68. The van der Waals surface area contributed by atoms with Crippen molar-refractivity contribution in [1.29, 1.82) is 0 Å². The molecule has 0 aliphatic carbocycles. The van der Waals surface area contributed by atoms with Crippen LogP contribution in [0, 0.1) is 0 Å². The van der Waals surface area contributed by atoms with E-state index in [-0.39, 0.29) is 17.7 Å². The fraction of sp³-hybridized carbons (Fsp3) is 0.467. The quantitative estimate of drug-likeness (QED) is 0.856. The number of nitrogens with zero attached hydrogens (tertiary/aromatic N) is 1. The molecule has 0 spiro atoms. The second-order valence-corrected chi connectivity index (χ2v) is 6.01. The first kappa shape index (κ1) is 15.2. The first-order valence-corrected chi connectivity index (χ1v) is 7.62. The zero-order valence-electron chi connectivity index (χ0n) is 11.6. The molecule has 1 aromatic carbocycles. The Labute approximate surface area is 127 Å². The number of likely N-dealkylation sites (tertiary alicyclic amines) is 1. The Balaban J connectivity index is 1.85. The fourth-order valence-corrected chi connectivity index (χ4v) is 3.00. The Morgan fingerprint density at radius 2 is 1.95 bits per heavy atom. The summed E-state index contributed by atoms with van der Waals surface area (Å²) < 4.78 is 0.845. The van der Waals surface area contributed by atoms with Crippen LogP contribution in [0.15, 0.2) is 28.7 Å². The van der Waals surface area contributed by atoms with Crippen molar-refractivity contribution in [2.45, 2.75) is 25.8 Å². The van der Waals surface area contributed by atoms with Crippen molar-refractivity contribution in [1.82, 2.24) is 10.2 Å². The van der Waals surface area contributed by atoms with Crippen LogP contribution in [0.5, 0.6) is 0 Å². The lowest BCUT2D eigenvalue weighted by Gasteiger charge is -2.31. The topological polar surface area (TPSA) is 49.4 Å². The number of hydrogen-bond acceptors (Lipinski definition) is 3. The number of Topliss-reactive ketones (excluding diaryl/α,β-unsaturated/α-hetero) is 1. The number of carbonyl (C=O) groups is 2. The Hall–Kier alpha value is -1.20. The predicted octanol–water partition coefficient (Wildman–Crippen LogP) is 2.23. The highest BCUT2D eigenvalue weighted by Crippen LogP contribution is 2.18. The molecule has 20 heavy (non-hydrogen) atoms. The maximum atomic E-state index is 12.3. The van der Waals surface area contributed by atoms with Crippen LogP contribution in [0.1, 0.15) is 30.1 Å². The molecule has 1 saturated heterocycles. The smallest absolute Gasteiger partial charge is 0.217 e. The SMILES string of the molecule is CC(=O)NC1CCN(CC(=O)c2ccccc2Br)CC1. The van der Waals surface area contributed by atoms with Crippen molar-refractivity contribution >= 4 is 27.6 Å². The van der Waals surface area contributed by atoms with Crippen LogP contribution in [0.25, 0.3) is 0 Å². The van der Waals surface area contributed by atoms with Gasteiger partial charge in [-0.25, -0.2) is 0 Å². The standard InChI is InChI=1S/C15H19BrN2O2/c1-11(19)17-12-6-8-18(9-7-12)10-15(20)13-4-2-3-5-14(13)16/h2-5,12H,6-10H2,1H3,(H,17,19). The molecule has 1 N–H and O–H groups in total. The van der Waals surface area contributed by atoms with Gasteiger partial charge in [-0.1, -0.05) is 34.1 Å². The number of rotatable bonds is 4. The maximum Gasteiger partial charge on any atom is 0.217 e. The van der Waals surface area contributed by atoms with Gasteiger partial charge in [-0.15, -0.1) is 0 Å². The summed E-state index contributed by atoms with van der Waals surface area (Å²) in [4.78, 5) is 25.4. The van der Waals surface area contributed by atoms with Crippen molar-refractivity contribution in [3.8, 4) is 0 Å². The molecule has 4 nitrogen and oxygen atoms in total. The maximum absolute atomic E-state index is 12.3. The van der Waals surface area contributed by atoms with Crippen LogP contribution in [0.3, 0.4) is 0 Å². The number of halogens is 1. The molecule has 0 atom stereocenters. The highest BCUT2D eigenvalue weighted by molar-refractivity contribution is 9.10. The van der Waals surface area contributed by atoms with Gasteiger partial charge in [-0.3, -0.25) is 14.5 Å². The van der Waals surface area contributed by atoms with E-state index in [1.54, 1.807) is 6.92 Å². The van der Waals surface area contributed by atoms with Gasteiger partial charge < -0.3 is 5.32 Å². The molecule has 0 aromatic heterocycles. The average molecular weight is 339 g/mol. The van der Waals surface area contributed by atoms with E-state index in [9.17, 15) is 9.59 Å². The molecule has 0 unspecified atom stereocenters. The van der Waals surface area contributed by atoms with Crippen LogP contribution < -0.4 is 5.32 Å². The molecular weight excluding hydrogens is 320 g/mol. The fourth-order valence-electron chi connectivity index (χ4n) is 2.50. The van der Waals surface area contributed by atoms with Gasteiger partial charge >= 0.3 is 0 Å². The summed E-state index contributed by atoms with van der Waals surface area (Å²) in [5.74, 6) is 0.156. The van der Waals surface area contributed by atoms with Gasteiger partial charge in [0, 0.05) is 36.1 Å². The third-order valence-corrected chi connectivity index (χ3v) is 4.23. The van der Waals surface area contributed by atoms with E-state index >= 15 is 0 Å². The molecular formula is C15H19BrN2O2. The summed E-state index contributed by atoms with van der Waals surface area (Å²) in [7, 11) is 0. The summed E-state index contributed by atoms with van der Waals surface area (Å²) in [6.07, 6.45) is 1.81. The van der Waals surface area contributed by atoms with Crippen molar-refractivity contribution in [3.05, 3.63) is 34.3 Å². The van der Waals surface area contributed by atoms with E-state index < -0.39 is 0 Å². The van der Waals surface area contributed by atoms with Gasteiger partial charge in [0.1, 0.15) is 0 Å². The molecule has 1 heterocycles. The van der Waals surface area contributed by atoms with Crippen LogP contribution in [0.2, 0.25) is 0 Å².